The van der Waals surface area contributed by atoms with Gasteiger partial charge in [0, 0.05) is 29.2 Å². The predicted molar refractivity (Wildman–Crippen MR) is 203 cm³/mol. The first-order valence-electron chi connectivity index (χ1n) is 19.6. The van der Waals surface area contributed by atoms with Crippen LogP contribution in [0.1, 0.15) is 108 Å². The van der Waals surface area contributed by atoms with Crippen molar-refractivity contribution < 1.29 is 44.3 Å². The third-order valence-corrected chi connectivity index (χ3v) is 14.1. The molecule has 0 aromatic heterocycles. The summed E-state index contributed by atoms with van der Waals surface area (Å²) < 4.78 is 12.9. The van der Waals surface area contributed by atoms with Gasteiger partial charge in [0.15, 0.2) is 6.10 Å². The van der Waals surface area contributed by atoms with Crippen LogP contribution in [0.15, 0.2) is 71.8 Å². The van der Waals surface area contributed by atoms with Gasteiger partial charge in [0.1, 0.15) is 12.2 Å². The molecule has 0 saturated heterocycles. The standard InChI is InChI=1S/C44H59NO9/c1-24(2)21-30(45-38(49)27-15-11-9-12-16-27)34(47)40(51)53-31-23-44(41(5,6)52)33(25(31)3)26(4)36(48)43(8)32(46)22-29-19-20-42(29,7)35(43)37(44)54-39(50)28-17-13-10-14-18-28/h9-18,24,26,29-32,34-37,46-48,52H,19-23H2,1-8H3,(H,45,49)/t26-,29+,30-,31?,32-,34+,35+,36-,37-,42+,43+,44-/m0/s1. The number of carbonyl (C=O) groups is 3. The fraction of sp³-hybridized carbons (Fsp3) is 0.614. The summed E-state index contributed by atoms with van der Waals surface area (Å²) in [6.45, 7) is 14.9. The maximum absolute atomic E-state index is 14.2. The number of rotatable bonds is 10. The number of nitrogens with one attached hydrogen (secondary N) is 1. The van der Waals surface area contributed by atoms with Gasteiger partial charge in [-0.15, -0.1) is 0 Å². The minimum absolute atomic E-state index is 0.00850. The smallest absolute Gasteiger partial charge is 0.338 e. The van der Waals surface area contributed by atoms with E-state index in [0.717, 1.165) is 12.8 Å². The molecule has 4 aliphatic carbocycles. The van der Waals surface area contributed by atoms with Crippen molar-refractivity contribution in [2.75, 3.05) is 0 Å². The number of esters is 2. The largest absolute Gasteiger partial charge is 0.457 e. The van der Waals surface area contributed by atoms with Crippen LogP contribution in [0.3, 0.4) is 0 Å². The minimum atomic E-state index is -1.71. The van der Waals surface area contributed by atoms with Gasteiger partial charge < -0.3 is 35.2 Å². The minimum Gasteiger partial charge on any atom is -0.457 e. The molecule has 10 nitrogen and oxygen atoms in total. The van der Waals surface area contributed by atoms with Crippen molar-refractivity contribution in [3.05, 3.63) is 82.9 Å². The highest BCUT2D eigenvalue weighted by atomic mass is 16.6. The SMILES string of the molecule is CC1=C2[C@H](C)[C@H](O)[C@@]3(C)[C@H]([C@H](OC(=O)c4ccccc4)[C@]2(C(C)(C)O)CC1OC(=O)[C@H](O)[C@H](CC(C)C)NC(=O)c1ccccc1)[C@]1(C)CC[C@@H]1C[C@@H]3O. The van der Waals surface area contributed by atoms with Crippen molar-refractivity contribution in [1.29, 1.82) is 0 Å². The number of benzene rings is 2. The lowest BCUT2D eigenvalue weighted by Gasteiger charge is -2.66. The van der Waals surface area contributed by atoms with Crippen LogP contribution in [0.5, 0.6) is 0 Å². The van der Waals surface area contributed by atoms with Gasteiger partial charge in [0.2, 0.25) is 0 Å². The molecular weight excluding hydrogens is 686 g/mol. The van der Waals surface area contributed by atoms with E-state index >= 15 is 0 Å². The Balaban J connectivity index is 1.43. The van der Waals surface area contributed by atoms with E-state index in [1.54, 1.807) is 81.4 Å². The van der Waals surface area contributed by atoms with Crippen molar-refractivity contribution in [3.63, 3.8) is 0 Å². The summed E-state index contributed by atoms with van der Waals surface area (Å²) >= 11 is 0. The molecule has 2 aromatic carbocycles. The molecule has 3 fully saturated rings. The van der Waals surface area contributed by atoms with Crippen LogP contribution in [-0.2, 0) is 14.3 Å². The molecule has 0 radical (unpaired) electrons. The number of amides is 1. The highest BCUT2D eigenvalue weighted by molar-refractivity contribution is 5.94. The Kier molecular flexibility index (Phi) is 10.8. The third kappa shape index (κ3) is 6.40. The van der Waals surface area contributed by atoms with Crippen molar-refractivity contribution in [2.45, 2.75) is 130 Å². The number of ether oxygens (including phenoxy) is 2. The Morgan fingerprint density at radius 1 is 0.963 bits per heavy atom. The molecule has 2 aromatic rings. The topological polar surface area (TPSA) is 163 Å². The molecule has 0 bridgehead atoms. The van der Waals surface area contributed by atoms with Gasteiger partial charge in [0.25, 0.3) is 5.91 Å². The van der Waals surface area contributed by atoms with Gasteiger partial charge in [-0.1, -0.05) is 71.0 Å². The van der Waals surface area contributed by atoms with Crippen molar-refractivity contribution in [2.24, 2.45) is 39.9 Å². The van der Waals surface area contributed by atoms with E-state index in [2.05, 4.69) is 12.2 Å². The van der Waals surface area contributed by atoms with Crippen LogP contribution in [0, 0.1) is 39.9 Å². The summed E-state index contributed by atoms with van der Waals surface area (Å²) in [6, 6.07) is 16.3. The Hall–Kier alpha value is -3.57. The van der Waals surface area contributed by atoms with E-state index in [0.29, 0.717) is 35.1 Å². The molecule has 294 valence electrons. The van der Waals surface area contributed by atoms with Gasteiger partial charge in [0.05, 0.1) is 34.8 Å². The van der Waals surface area contributed by atoms with E-state index in [1.807, 2.05) is 27.7 Å². The second-order valence-electron chi connectivity index (χ2n) is 18.0. The molecule has 1 unspecified atom stereocenters. The number of aliphatic hydroxyl groups excluding tert-OH is 3. The fourth-order valence-electron chi connectivity index (χ4n) is 11.2. The molecule has 0 heterocycles. The predicted octanol–water partition coefficient (Wildman–Crippen LogP) is 5.62. The maximum atomic E-state index is 14.2. The Morgan fingerprint density at radius 2 is 1.56 bits per heavy atom. The average Bonchev–Trinajstić information content (AvgIpc) is 3.40. The monoisotopic (exact) mass is 745 g/mol. The number of carbonyl (C=O) groups excluding carboxylic acids is 3. The molecule has 6 rings (SSSR count). The van der Waals surface area contributed by atoms with E-state index < -0.39 is 88.1 Å². The van der Waals surface area contributed by atoms with E-state index in [9.17, 15) is 34.8 Å². The Bertz CT molecular complexity index is 1750. The molecule has 4 aliphatic rings. The second kappa shape index (κ2) is 14.5. The molecule has 0 spiro atoms. The fourth-order valence-corrected chi connectivity index (χ4v) is 11.2. The first-order valence-corrected chi connectivity index (χ1v) is 19.6. The zero-order valence-electron chi connectivity index (χ0n) is 32.9. The van der Waals surface area contributed by atoms with Crippen LogP contribution in [0.25, 0.3) is 0 Å². The number of hydrogen-bond acceptors (Lipinski definition) is 9. The highest BCUT2D eigenvalue weighted by Gasteiger charge is 2.75. The second-order valence-corrected chi connectivity index (χ2v) is 18.0. The molecule has 12 atom stereocenters. The molecule has 1 amide bonds. The first kappa shape index (κ1) is 40.1. The zero-order chi connectivity index (χ0) is 39.5. The van der Waals surface area contributed by atoms with Crippen LogP contribution in [0.2, 0.25) is 0 Å². The van der Waals surface area contributed by atoms with Gasteiger partial charge in [-0.2, -0.15) is 0 Å². The highest BCUT2D eigenvalue weighted by Crippen LogP contribution is 2.72. The summed E-state index contributed by atoms with van der Waals surface area (Å²) in [6.07, 6.45) is -3.22. The lowest BCUT2D eigenvalue weighted by Crippen LogP contribution is -2.69. The normalized spacial score (nSPS) is 35.8. The summed E-state index contributed by atoms with van der Waals surface area (Å²) in [5.41, 5.74) is -2.60. The van der Waals surface area contributed by atoms with Crippen LogP contribution in [0.4, 0.5) is 0 Å². The van der Waals surface area contributed by atoms with Crippen molar-refractivity contribution in [3.8, 4) is 0 Å². The van der Waals surface area contributed by atoms with Crippen molar-refractivity contribution >= 4 is 17.8 Å². The quantitative estimate of drug-likeness (QED) is 0.154. The number of hydrogen-bond donors (Lipinski definition) is 5. The summed E-state index contributed by atoms with van der Waals surface area (Å²) in [7, 11) is 0. The van der Waals surface area contributed by atoms with Crippen LogP contribution < -0.4 is 5.32 Å². The molecule has 3 saturated carbocycles. The van der Waals surface area contributed by atoms with E-state index in [1.165, 1.54) is 0 Å². The van der Waals surface area contributed by atoms with Gasteiger partial charge in [-0.3, -0.25) is 4.79 Å². The van der Waals surface area contributed by atoms with Gasteiger partial charge in [-0.05, 0) is 99.1 Å². The molecule has 54 heavy (non-hydrogen) atoms. The summed E-state index contributed by atoms with van der Waals surface area (Å²) in [5.74, 6) is -3.05. The van der Waals surface area contributed by atoms with Gasteiger partial charge in [-0.25, -0.2) is 9.59 Å². The number of aliphatic hydroxyl groups is 4. The summed E-state index contributed by atoms with van der Waals surface area (Å²) in [5, 5.41) is 51.4. The maximum Gasteiger partial charge on any atom is 0.338 e. The lowest BCUT2D eigenvalue weighted by molar-refractivity contribution is -0.259. The molecule has 0 aliphatic heterocycles. The summed E-state index contributed by atoms with van der Waals surface area (Å²) in [4.78, 5) is 41.4. The van der Waals surface area contributed by atoms with Crippen LogP contribution >= 0.6 is 0 Å². The molecule has 10 heteroatoms. The molecule has 5 N–H and O–H groups in total. The third-order valence-electron chi connectivity index (χ3n) is 14.1. The van der Waals surface area contributed by atoms with E-state index in [-0.39, 0.29) is 18.3 Å². The van der Waals surface area contributed by atoms with Gasteiger partial charge >= 0.3 is 11.9 Å². The molecular formula is C44H59NO9. The Labute approximate surface area is 319 Å². The lowest BCUT2D eigenvalue weighted by atomic mass is 9.40. The zero-order valence-corrected chi connectivity index (χ0v) is 32.9. The van der Waals surface area contributed by atoms with Crippen LogP contribution in [-0.4, -0.2) is 80.4 Å². The Morgan fingerprint density at radius 3 is 2.09 bits per heavy atom. The average molecular weight is 746 g/mol. The first-order chi connectivity index (χ1) is 25.3. The number of fused-ring (bicyclic) bond motifs is 4. The van der Waals surface area contributed by atoms with Crippen molar-refractivity contribution in [1.82, 2.24) is 5.32 Å². The van der Waals surface area contributed by atoms with E-state index in [4.69, 9.17) is 9.47 Å².